The van der Waals surface area contributed by atoms with Crippen molar-refractivity contribution in [1.29, 1.82) is 0 Å². The quantitative estimate of drug-likeness (QED) is 0.859. The smallest absolute Gasteiger partial charge is 0.231 e. The van der Waals surface area contributed by atoms with Gasteiger partial charge in [0.2, 0.25) is 5.89 Å². The fourth-order valence-corrected chi connectivity index (χ4v) is 1.74. The maximum absolute atomic E-state index is 5.25. The van der Waals surface area contributed by atoms with E-state index in [4.69, 9.17) is 9.26 Å². The molecule has 0 aliphatic rings. The van der Waals surface area contributed by atoms with Gasteiger partial charge in [0.25, 0.3) is 0 Å². The molecule has 0 aliphatic carbocycles. The van der Waals surface area contributed by atoms with Gasteiger partial charge in [0.05, 0.1) is 13.5 Å². The van der Waals surface area contributed by atoms with E-state index in [0.717, 1.165) is 23.6 Å². The summed E-state index contributed by atoms with van der Waals surface area (Å²) in [7, 11) is 3.57. The predicted octanol–water partition coefficient (Wildman–Crippen LogP) is 1.82. The molecule has 0 amide bonds. The van der Waals surface area contributed by atoms with Crippen LogP contribution in [0.4, 0.5) is 0 Å². The lowest BCUT2D eigenvalue weighted by molar-refractivity contribution is 0.377. The minimum Gasteiger partial charge on any atom is -0.497 e. The molecular weight excluding hydrogens is 242 g/mol. The molecule has 0 spiro atoms. The van der Waals surface area contributed by atoms with Crippen LogP contribution < -0.4 is 10.1 Å². The monoisotopic (exact) mass is 261 g/mol. The zero-order valence-corrected chi connectivity index (χ0v) is 11.5. The molecule has 0 aliphatic heterocycles. The highest BCUT2D eigenvalue weighted by molar-refractivity contribution is 5.28. The van der Waals surface area contributed by atoms with Crippen LogP contribution in [0.3, 0.4) is 0 Å². The van der Waals surface area contributed by atoms with Gasteiger partial charge in [-0.15, -0.1) is 0 Å². The molecule has 5 nitrogen and oxygen atoms in total. The maximum Gasteiger partial charge on any atom is 0.231 e. The number of methoxy groups -OCH3 is 1. The van der Waals surface area contributed by atoms with Gasteiger partial charge >= 0.3 is 0 Å². The van der Waals surface area contributed by atoms with Gasteiger partial charge < -0.3 is 14.6 Å². The normalized spacial score (nSPS) is 12.4. The van der Waals surface area contributed by atoms with Crippen LogP contribution in [-0.4, -0.2) is 30.3 Å². The lowest BCUT2D eigenvalue weighted by Crippen LogP contribution is -2.24. The SMILES string of the molecule is CNC(C)Cc1noc(Cc2ccc(OC)cc2)n1. The molecule has 1 unspecified atom stereocenters. The van der Waals surface area contributed by atoms with Crippen LogP contribution in [0.2, 0.25) is 0 Å². The van der Waals surface area contributed by atoms with Crippen LogP contribution in [-0.2, 0) is 12.8 Å². The molecule has 1 aromatic carbocycles. The number of nitrogens with one attached hydrogen (secondary N) is 1. The Morgan fingerprint density at radius 1 is 1.32 bits per heavy atom. The number of benzene rings is 1. The number of aromatic nitrogens is 2. The topological polar surface area (TPSA) is 60.2 Å². The Labute approximate surface area is 113 Å². The Kier molecular flexibility index (Phi) is 4.52. The molecule has 1 atom stereocenters. The van der Waals surface area contributed by atoms with Gasteiger partial charge in [-0.1, -0.05) is 17.3 Å². The summed E-state index contributed by atoms with van der Waals surface area (Å²) >= 11 is 0. The minimum atomic E-state index is 0.339. The van der Waals surface area contributed by atoms with Crippen LogP contribution in [0.1, 0.15) is 24.2 Å². The Balaban J connectivity index is 1.98. The van der Waals surface area contributed by atoms with Gasteiger partial charge in [-0.25, -0.2) is 0 Å². The van der Waals surface area contributed by atoms with Gasteiger partial charge in [0.1, 0.15) is 5.75 Å². The van der Waals surface area contributed by atoms with E-state index < -0.39 is 0 Å². The van der Waals surface area contributed by atoms with Crippen LogP contribution in [0, 0.1) is 0 Å². The number of likely N-dealkylation sites (N-methyl/N-ethyl adjacent to an activating group) is 1. The second-order valence-electron chi connectivity index (χ2n) is 4.52. The minimum absolute atomic E-state index is 0.339. The number of ether oxygens (including phenoxy) is 1. The van der Waals surface area contributed by atoms with Gasteiger partial charge in [-0.2, -0.15) is 4.98 Å². The van der Waals surface area contributed by atoms with Crippen molar-refractivity contribution >= 4 is 0 Å². The van der Waals surface area contributed by atoms with E-state index >= 15 is 0 Å². The predicted molar refractivity (Wildman–Crippen MR) is 72.3 cm³/mol. The summed E-state index contributed by atoms with van der Waals surface area (Å²) in [5.41, 5.74) is 1.12. The van der Waals surface area contributed by atoms with E-state index in [1.54, 1.807) is 7.11 Å². The molecule has 1 aromatic heterocycles. The molecule has 102 valence electrons. The average molecular weight is 261 g/mol. The van der Waals surface area contributed by atoms with Crippen molar-refractivity contribution in [2.75, 3.05) is 14.2 Å². The number of hydrogen-bond acceptors (Lipinski definition) is 5. The van der Waals surface area contributed by atoms with Crippen molar-refractivity contribution in [1.82, 2.24) is 15.5 Å². The van der Waals surface area contributed by atoms with Crippen molar-refractivity contribution in [3.63, 3.8) is 0 Å². The van der Waals surface area contributed by atoms with Crippen LogP contribution in [0.5, 0.6) is 5.75 Å². The third-order valence-corrected chi connectivity index (χ3v) is 3.01. The summed E-state index contributed by atoms with van der Waals surface area (Å²) in [6, 6.07) is 8.19. The molecule has 2 rings (SSSR count). The first-order valence-electron chi connectivity index (χ1n) is 6.33. The third kappa shape index (κ3) is 3.79. The molecule has 5 heteroatoms. The fraction of sp³-hybridized carbons (Fsp3) is 0.429. The molecule has 0 saturated heterocycles. The first-order chi connectivity index (χ1) is 9.21. The molecule has 1 heterocycles. The van der Waals surface area contributed by atoms with Crippen molar-refractivity contribution in [3.8, 4) is 5.75 Å². The number of hydrogen-bond donors (Lipinski definition) is 1. The average Bonchev–Trinajstić information content (AvgIpc) is 2.86. The molecule has 2 aromatic rings. The van der Waals surface area contributed by atoms with Crippen molar-refractivity contribution in [2.24, 2.45) is 0 Å². The van der Waals surface area contributed by atoms with Crippen molar-refractivity contribution in [2.45, 2.75) is 25.8 Å². The van der Waals surface area contributed by atoms with Gasteiger partial charge in [0.15, 0.2) is 5.82 Å². The lowest BCUT2D eigenvalue weighted by atomic mass is 10.1. The molecule has 0 fully saturated rings. The fourth-order valence-electron chi connectivity index (χ4n) is 1.74. The maximum atomic E-state index is 5.25. The zero-order valence-electron chi connectivity index (χ0n) is 11.5. The second-order valence-corrected chi connectivity index (χ2v) is 4.52. The van der Waals surface area contributed by atoms with Crippen LogP contribution in [0.15, 0.2) is 28.8 Å². The van der Waals surface area contributed by atoms with Crippen molar-refractivity contribution < 1.29 is 9.26 Å². The summed E-state index contributed by atoms with van der Waals surface area (Å²) in [5.74, 6) is 2.23. The highest BCUT2D eigenvalue weighted by Gasteiger charge is 2.09. The van der Waals surface area contributed by atoms with E-state index in [1.165, 1.54) is 0 Å². The summed E-state index contributed by atoms with van der Waals surface area (Å²) < 4.78 is 10.4. The zero-order chi connectivity index (χ0) is 13.7. The Hall–Kier alpha value is -1.88. The first-order valence-corrected chi connectivity index (χ1v) is 6.33. The Morgan fingerprint density at radius 2 is 2.05 bits per heavy atom. The highest BCUT2D eigenvalue weighted by Crippen LogP contribution is 2.14. The Morgan fingerprint density at radius 3 is 2.68 bits per heavy atom. The Bertz CT molecular complexity index is 508. The lowest BCUT2D eigenvalue weighted by Gasteiger charge is -2.04. The molecule has 0 bridgehead atoms. The highest BCUT2D eigenvalue weighted by atomic mass is 16.5. The van der Waals surface area contributed by atoms with E-state index in [0.29, 0.717) is 18.4 Å². The van der Waals surface area contributed by atoms with Crippen molar-refractivity contribution in [3.05, 3.63) is 41.5 Å². The van der Waals surface area contributed by atoms with Crippen LogP contribution >= 0.6 is 0 Å². The molecule has 1 N–H and O–H groups in total. The summed E-state index contributed by atoms with van der Waals surface area (Å²) in [6.07, 6.45) is 1.41. The largest absolute Gasteiger partial charge is 0.497 e. The molecule has 0 radical (unpaired) electrons. The summed E-state index contributed by atoms with van der Waals surface area (Å²) in [5, 5.41) is 7.13. The number of nitrogens with zero attached hydrogens (tertiary/aromatic N) is 2. The standard InChI is InChI=1S/C14H19N3O2/c1-10(15-2)8-13-16-14(19-17-13)9-11-4-6-12(18-3)7-5-11/h4-7,10,15H,8-9H2,1-3H3. The molecule has 0 saturated carbocycles. The van der Waals surface area contributed by atoms with E-state index in [-0.39, 0.29) is 0 Å². The number of rotatable bonds is 6. The van der Waals surface area contributed by atoms with E-state index in [9.17, 15) is 0 Å². The van der Waals surface area contributed by atoms with E-state index in [1.807, 2.05) is 31.3 Å². The molecule has 19 heavy (non-hydrogen) atoms. The summed E-state index contributed by atoms with van der Waals surface area (Å²) in [6.45, 7) is 2.08. The third-order valence-electron chi connectivity index (χ3n) is 3.01. The summed E-state index contributed by atoms with van der Waals surface area (Å²) in [4.78, 5) is 4.39. The van der Waals surface area contributed by atoms with Gasteiger partial charge in [0, 0.05) is 12.5 Å². The second kappa shape index (κ2) is 6.33. The van der Waals surface area contributed by atoms with Gasteiger partial charge in [-0.3, -0.25) is 0 Å². The first kappa shape index (κ1) is 13.5. The molecular formula is C14H19N3O2. The van der Waals surface area contributed by atoms with Crippen LogP contribution in [0.25, 0.3) is 0 Å². The van der Waals surface area contributed by atoms with E-state index in [2.05, 4.69) is 22.4 Å². The van der Waals surface area contributed by atoms with Gasteiger partial charge in [-0.05, 0) is 31.7 Å².